The van der Waals surface area contributed by atoms with Crippen LogP contribution in [0.5, 0.6) is 0 Å². The maximum Gasteiger partial charge on any atom is 0.509 e. The Morgan fingerprint density at radius 3 is 2.50 bits per heavy atom. The van der Waals surface area contributed by atoms with Crippen LogP contribution in [-0.4, -0.2) is 28.6 Å². The smallest absolute Gasteiger partial charge is 0.429 e. The maximum atomic E-state index is 12.7. The summed E-state index contributed by atoms with van der Waals surface area (Å²) in [4.78, 5) is 28.8. The van der Waals surface area contributed by atoms with E-state index >= 15 is 0 Å². The minimum atomic E-state index is -0.835. The van der Waals surface area contributed by atoms with E-state index in [0.29, 0.717) is 18.0 Å². The lowest BCUT2D eigenvalue weighted by Crippen LogP contribution is -2.34. The van der Waals surface area contributed by atoms with E-state index in [-0.39, 0.29) is 5.78 Å². The molecule has 1 aliphatic carbocycles. The van der Waals surface area contributed by atoms with Crippen molar-refractivity contribution in [2.75, 3.05) is 0 Å². The lowest BCUT2D eigenvalue weighted by molar-refractivity contribution is -0.0272. The van der Waals surface area contributed by atoms with Gasteiger partial charge in [-0.2, -0.15) is 0 Å². The minimum Gasteiger partial charge on any atom is -0.429 e. The van der Waals surface area contributed by atoms with E-state index in [4.69, 9.17) is 9.47 Å². The molecule has 1 atom stereocenters. The van der Waals surface area contributed by atoms with Crippen molar-refractivity contribution in [2.24, 2.45) is 5.92 Å². The third-order valence-corrected chi connectivity index (χ3v) is 4.11. The molecule has 1 heterocycles. The monoisotopic (exact) mass is 333 g/mol. The Bertz CT molecular complexity index is 544. The van der Waals surface area contributed by atoms with E-state index in [2.05, 4.69) is 4.98 Å². The van der Waals surface area contributed by atoms with Crippen molar-refractivity contribution in [3.05, 3.63) is 30.1 Å². The number of ketones is 1. The molecule has 24 heavy (non-hydrogen) atoms. The van der Waals surface area contributed by atoms with Crippen LogP contribution < -0.4 is 0 Å². The normalized spacial score (nSPS) is 17.1. The van der Waals surface area contributed by atoms with Gasteiger partial charge < -0.3 is 9.47 Å². The first-order valence-electron chi connectivity index (χ1n) is 8.70. The number of hydrogen-bond donors (Lipinski definition) is 0. The number of aromatic nitrogens is 1. The second-order valence-corrected chi connectivity index (χ2v) is 7.39. The summed E-state index contributed by atoms with van der Waals surface area (Å²) in [5, 5.41) is 0. The minimum absolute atomic E-state index is 0.257. The second-order valence-electron chi connectivity index (χ2n) is 7.39. The third kappa shape index (κ3) is 5.95. The Morgan fingerprint density at radius 1 is 1.21 bits per heavy atom. The Kier molecular flexibility index (Phi) is 6.35. The van der Waals surface area contributed by atoms with Crippen molar-refractivity contribution in [3.8, 4) is 0 Å². The SMILES string of the molecule is CC(C)(C)OC(=O)O[C@@H](CC1CCCCC1)C(=O)c1ccccn1. The van der Waals surface area contributed by atoms with Gasteiger partial charge in [-0.25, -0.2) is 4.79 Å². The predicted octanol–water partition coefficient (Wildman–Crippen LogP) is 4.56. The average molecular weight is 333 g/mol. The molecule has 2 rings (SSSR count). The molecule has 0 unspecified atom stereocenters. The maximum absolute atomic E-state index is 12.7. The molecule has 5 nitrogen and oxygen atoms in total. The molecule has 0 aromatic carbocycles. The zero-order valence-electron chi connectivity index (χ0n) is 14.8. The van der Waals surface area contributed by atoms with Crippen LogP contribution in [-0.2, 0) is 9.47 Å². The highest BCUT2D eigenvalue weighted by Crippen LogP contribution is 2.29. The lowest BCUT2D eigenvalue weighted by Gasteiger charge is -2.26. The summed E-state index contributed by atoms with van der Waals surface area (Å²) in [6.07, 6.45) is 6.19. The first-order chi connectivity index (χ1) is 11.3. The molecule has 132 valence electrons. The van der Waals surface area contributed by atoms with Gasteiger partial charge in [-0.1, -0.05) is 38.2 Å². The van der Waals surface area contributed by atoms with Crippen LogP contribution in [0, 0.1) is 5.92 Å². The number of hydrogen-bond acceptors (Lipinski definition) is 5. The summed E-state index contributed by atoms with van der Waals surface area (Å²) >= 11 is 0. The molecular weight excluding hydrogens is 306 g/mol. The molecule has 5 heteroatoms. The molecule has 1 aliphatic rings. The first kappa shape index (κ1) is 18.4. The van der Waals surface area contributed by atoms with Gasteiger partial charge in [0, 0.05) is 6.20 Å². The predicted molar refractivity (Wildman–Crippen MR) is 90.9 cm³/mol. The highest BCUT2D eigenvalue weighted by Gasteiger charge is 2.31. The number of carbonyl (C=O) groups is 2. The molecule has 0 bridgehead atoms. The number of pyridine rings is 1. The van der Waals surface area contributed by atoms with E-state index in [9.17, 15) is 9.59 Å². The molecule has 0 amide bonds. The van der Waals surface area contributed by atoms with Crippen molar-refractivity contribution in [1.82, 2.24) is 4.98 Å². The first-order valence-corrected chi connectivity index (χ1v) is 8.70. The number of Topliss-reactive ketones (excluding diaryl/α,β-unsaturated/α-hetero) is 1. The molecule has 0 radical (unpaired) electrons. The fourth-order valence-corrected chi connectivity index (χ4v) is 3.00. The zero-order valence-corrected chi connectivity index (χ0v) is 14.8. The van der Waals surface area contributed by atoms with E-state index in [1.807, 2.05) is 0 Å². The van der Waals surface area contributed by atoms with Crippen LogP contribution in [0.2, 0.25) is 0 Å². The third-order valence-electron chi connectivity index (χ3n) is 4.11. The van der Waals surface area contributed by atoms with E-state index in [0.717, 1.165) is 12.8 Å². The van der Waals surface area contributed by atoms with Gasteiger partial charge in [-0.15, -0.1) is 0 Å². The zero-order chi connectivity index (χ0) is 17.6. The van der Waals surface area contributed by atoms with Gasteiger partial charge in [0.05, 0.1) is 0 Å². The lowest BCUT2D eigenvalue weighted by atomic mass is 9.84. The van der Waals surface area contributed by atoms with Crippen LogP contribution in [0.15, 0.2) is 24.4 Å². The molecule has 0 spiro atoms. The molecule has 1 fully saturated rings. The van der Waals surface area contributed by atoms with Gasteiger partial charge in [0.2, 0.25) is 5.78 Å². The Morgan fingerprint density at radius 2 is 1.92 bits per heavy atom. The van der Waals surface area contributed by atoms with Crippen molar-refractivity contribution >= 4 is 11.9 Å². The van der Waals surface area contributed by atoms with Crippen LogP contribution in [0.3, 0.4) is 0 Å². The van der Waals surface area contributed by atoms with Crippen molar-refractivity contribution in [2.45, 2.75) is 71.0 Å². The highest BCUT2D eigenvalue weighted by molar-refractivity contribution is 5.98. The Labute approximate surface area is 143 Å². The summed E-state index contributed by atoms with van der Waals surface area (Å²) in [5.41, 5.74) is -0.331. The Hall–Kier alpha value is -1.91. The summed E-state index contributed by atoms with van der Waals surface area (Å²) in [7, 11) is 0. The summed E-state index contributed by atoms with van der Waals surface area (Å²) in [6.45, 7) is 5.31. The molecule has 1 aromatic heterocycles. The van der Waals surface area contributed by atoms with Crippen molar-refractivity contribution in [3.63, 3.8) is 0 Å². The Balaban J connectivity index is 2.08. The fraction of sp³-hybridized carbons (Fsp3) is 0.632. The number of carbonyl (C=O) groups excluding carboxylic acids is 2. The topological polar surface area (TPSA) is 65.5 Å². The summed E-state index contributed by atoms with van der Waals surface area (Å²) < 4.78 is 10.6. The van der Waals surface area contributed by atoms with E-state index < -0.39 is 17.9 Å². The molecule has 1 saturated carbocycles. The molecule has 0 saturated heterocycles. The molecular formula is C19H27NO4. The van der Waals surface area contributed by atoms with Crippen LogP contribution in [0.4, 0.5) is 4.79 Å². The quantitative estimate of drug-likeness (QED) is 0.584. The molecule has 1 aromatic rings. The molecule has 0 aliphatic heterocycles. The standard InChI is InChI=1S/C19H27NO4/c1-19(2,3)24-18(22)23-16(13-14-9-5-4-6-10-14)17(21)15-11-7-8-12-20-15/h7-8,11-12,14,16H,4-6,9-10,13H2,1-3H3/t16-/m0/s1. The van der Waals surface area contributed by atoms with Gasteiger partial charge in [-0.05, 0) is 45.2 Å². The van der Waals surface area contributed by atoms with Crippen LogP contribution >= 0.6 is 0 Å². The van der Waals surface area contributed by atoms with Gasteiger partial charge in [-0.3, -0.25) is 9.78 Å². The second kappa shape index (κ2) is 8.27. The molecule has 0 N–H and O–H groups in total. The summed E-state index contributed by atoms with van der Waals surface area (Å²) in [6, 6.07) is 5.15. The number of nitrogens with zero attached hydrogens (tertiary/aromatic N) is 1. The average Bonchev–Trinajstić information content (AvgIpc) is 2.53. The number of ether oxygens (including phenoxy) is 2. The van der Waals surface area contributed by atoms with Crippen molar-refractivity contribution in [1.29, 1.82) is 0 Å². The van der Waals surface area contributed by atoms with Crippen LogP contribution in [0.25, 0.3) is 0 Å². The fourth-order valence-electron chi connectivity index (χ4n) is 3.00. The van der Waals surface area contributed by atoms with E-state index in [1.165, 1.54) is 19.3 Å². The highest BCUT2D eigenvalue weighted by atomic mass is 16.7. The van der Waals surface area contributed by atoms with Gasteiger partial charge in [0.25, 0.3) is 0 Å². The largest absolute Gasteiger partial charge is 0.509 e. The van der Waals surface area contributed by atoms with Crippen molar-refractivity contribution < 1.29 is 19.1 Å². The van der Waals surface area contributed by atoms with Gasteiger partial charge in [0.15, 0.2) is 6.10 Å². The number of rotatable bonds is 5. The van der Waals surface area contributed by atoms with Gasteiger partial charge in [0.1, 0.15) is 11.3 Å². The van der Waals surface area contributed by atoms with Gasteiger partial charge >= 0.3 is 6.16 Å². The van der Waals surface area contributed by atoms with E-state index in [1.54, 1.807) is 45.2 Å². The van der Waals surface area contributed by atoms with Crippen LogP contribution in [0.1, 0.15) is 69.8 Å². The summed E-state index contributed by atoms with van der Waals surface area (Å²) in [5.74, 6) is 0.144.